The van der Waals surface area contributed by atoms with Crippen molar-refractivity contribution in [1.82, 2.24) is 14.3 Å². The second-order valence-corrected chi connectivity index (χ2v) is 7.87. The maximum absolute atomic E-state index is 12.6. The first kappa shape index (κ1) is 19.4. The minimum absolute atomic E-state index is 0.0167. The second kappa shape index (κ2) is 9.05. The fraction of sp³-hybridized carbons (Fsp3) is 0.318. The highest BCUT2D eigenvalue weighted by Gasteiger charge is 2.29. The van der Waals surface area contributed by atoms with Crippen LogP contribution < -0.4 is 9.64 Å². The van der Waals surface area contributed by atoms with E-state index in [1.165, 1.54) is 17.1 Å². The molecule has 1 amide bonds. The summed E-state index contributed by atoms with van der Waals surface area (Å²) in [7, 11) is 0. The van der Waals surface area contributed by atoms with E-state index in [2.05, 4.69) is 28.3 Å². The van der Waals surface area contributed by atoms with Crippen LogP contribution in [0.3, 0.4) is 0 Å². The van der Waals surface area contributed by atoms with Crippen molar-refractivity contribution < 1.29 is 9.53 Å². The van der Waals surface area contributed by atoms with Gasteiger partial charge in [0.25, 0.3) is 5.91 Å². The number of amides is 1. The topological polar surface area (TPSA) is 58.6 Å². The molecule has 1 atom stereocenters. The standard InChI is InChI=1S/C22H24N4O2S/c1-17-15-25(22-23-20(24-29-22)14-18-8-4-2-5-9-18)12-13-26(17)21(27)16-28-19-10-6-3-7-11-19/h2-11,17H,12-16H2,1H3/t17-/m0/s1. The third-order valence-corrected chi connectivity index (χ3v) is 5.80. The van der Waals surface area contributed by atoms with Crippen LogP contribution in [0.5, 0.6) is 5.75 Å². The minimum Gasteiger partial charge on any atom is -0.484 e. The molecule has 0 aliphatic carbocycles. The van der Waals surface area contributed by atoms with Gasteiger partial charge >= 0.3 is 0 Å². The lowest BCUT2D eigenvalue weighted by Crippen LogP contribution is -2.55. The molecule has 0 unspecified atom stereocenters. The number of rotatable bonds is 6. The summed E-state index contributed by atoms with van der Waals surface area (Å²) in [5.41, 5.74) is 1.21. The third kappa shape index (κ3) is 4.92. The number of nitrogens with zero attached hydrogens (tertiary/aromatic N) is 4. The Morgan fingerprint density at radius 3 is 2.55 bits per heavy atom. The average Bonchev–Trinajstić information content (AvgIpc) is 3.22. The molecule has 2 heterocycles. The normalized spacial score (nSPS) is 16.7. The highest BCUT2D eigenvalue weighted by atomic mass is 32.1. The van der Waals surface area contributed by atoms with Crippen LogP contribution in [0.15, 0.2) is 60.7 Å². The first-order valence-electron chi connectivity index (χ1n) is 9.78. The summed E-state index contributed by atoms with van der Waals surface area (Å²) < 4.78 is 10.1. The van der Waals surface area contributed by atoms with E-state index in [0.717, 1.165) is 30.5 Å². The molecular weight excluding hydrogens is 384 g/mol. The fourth-order valence-corrected chi connectivity index (χ4v) is 4.19. The lowest BCUT2D eigenvalue weighted by atomic mass is 10.1. The number of benzene rings is 2. The molecule has 0 bridgehead atoms. The Labute approximate surface area is 174 Å². The smallest absolute Gasteiger partial charge is 0.260 e. The van der Waals surface area contributed by atoms with Crippen LogP contribution in [0.2, 0.25) is 0 Å². The van der Waals surface area contributed by atoms with Gasteiger partial charge in [0.2, 0.25) is 5.13 Å². The molecule has 150 valence electrons. The quantitative estimate of drug-likeness (QED) is 0.627. The number of para-hydroxylation sites is 1. The Bertz CT molecular complexity index is 932. The molecule has 0 radical (unpaired) electrons. The van der Waals surface area contributed by atoms with Gasteiger partial charge in [0.1, 0.15) is 11.6 Å². The van der Waals surface area contributed by atoms with Gasteiger partial charge in [-0.2, -0.15) is 4.37 Å². The second-order valence-electron chi connectivity index (χ2n) is 7.14. The molecule has 1 saturated heterocycles. The zero-order valence-electron chi connectivity index (χ0n) is 16.4. The first-order valence-corrected chi connectivity index (χ1v) is 10.5. The summed E-state index contributed by atoms with van der Waals surface area (Å²) in [6.07, 6.45) is 0.738. The molecule has 1 aromatic heterocycles. The van der Waals surface area contributed by atoms with Crippen LogP contribution in [0, 0.1) is 0 Å². The molecule has 0 spiro atoms. The van der Waals surface area contributed by atoms with E-state index in [1.807, 2.05) is 53.4 Å². The summed E-state index contributed by atoms with van der Waals surface area (Å²) in [6, 6.07) is 19.8. The van der Waals surface area contributed by atoms with Crippen LogP contribution in [0.4, 0.5) is 5.13 Å². The van der Waals surface area contributed by atoms with Crippen LogP contribution in [-0.4, -0.2) is 52.4 Å². The average molecular weight is 409 g/mol. The highest BCUT2D eigenvalue weighted by molar-refractivity contribution is 7.09. The first-order chi connectivity index (χ1) is 14.2. The van der Waals surface area contributed by atoms with Crippen LogP contribution >= 0.6 is 11.5 Å². The molecule has 3 aromatic rings. The number of ether oxygens (including phenoxy) is 1. The van der Waals surface area contributed by atoms with Gasteiger partial charge in [0, 0.05) is 43.6 Å². The number of carbonyl (C=O) groups is 1. The van der Waals surface area contributed by atoms with E-state index in [-0.39, 0.29) is 18.6 Å². The molecule has 2 aromatic carbocycles. The number of carbonyl (C=O) groups excluding carboxylic acids is 1. The van der Waals surface area contributed by atoms with Crippen molar-refractivity contribution in [3.63, 3.8) is 0 Å². The molecule has 7 heteroatoms. The lowest BCUT2D eigenvalue weighted by molar-refractivity contribution is -0.135. The number of piperazine rings is 1. The number of hydrogen-bond acceptors (Lipinski definition) is 6. The van der Waals surface area contributed by atoms with Gasteiger partial charge in [-0.05, 0) is 24.6 Å². The molecule has 1 aliphatic rings. The Kier molecular flexibility index (Phi) is 6.05. The van der Waals surface area contributed by atoms with E-state index in [1.54, 1.807) is 0 Å². The Hall–Kier alpha value is -2.93. The SMILES string of the molecule is C[C@H]1CN(c2nc(Cc3ccccc3)ns2)CCN1C(=O)COc1ccccc1. The molecule has 29 heavy (non-hydrogen) atoms. The lowest BCUT2D eigenvalue weighted by Gasteiger charge is -2.39. The largest absolute Gasteiger partial charge is 0.484 e. The van der Waals surface area contributed by atoms with Crippen molar-refractivity contribution in [2.75, 3.05) is 31.1 Å². The number of anilines is 1. The van der Waals surface area contributed by atoms with Gasteiger partial charge < -0.3 is 14.5 Å². The van der Waals surface area contributed by atoms with Gasteiger partial charge in [-0.15, -0.1) is 0 Å². The highest BCUT2D eigenvalue weighted by Crippen LogP contribution is 2.22. The molecule has 1 aliphatic heterocycles. The van der Waals surface area contributed by atoms with Gasteiger partial charge in [-0.3, -0.25) is 4.79 Å². The van der Waals surface area contributed by atoms with Gasteiger partial charge in [-0.1, -0.05) is 48.5 Å². The Morgan fingerprint density at radius 1 is 1.10 bits per heavy atom. The van der Waals surface area contributed by atoms with Crippen LogP contribution in [0.1, 0.15) is 18.3 Å². The number of hydrogen-bond donors (Lipinski definition) is 0. The van der Waals surface area contributed by atoms with E-state index in [0.29, 0.717) is 12.3 Å². The van der Waals surface area contributed by atoms with Crippen molar-refractivity contribution >= 4 is 22.6 Å². The van der Waals surface area contributed by atoms with Crippen LogP contribution in [0.25, 0.3) is 0 Å². The van der Waals surface area contributed by atoms with E-state index < -0.39 is 0 Å². The monoisotopic (exact) mass is 408 g/mol. The Balaban J connectivity index is 1.31. The van der Waals surface area contributed by atoms with E-state index in [4.69, 9.17) is 9.72 Å². The van der Waals surface area contributed by atoms with Crippen molar-refractivity contribution in [2.24, 2.45) is 0 Å². The van der Waals surface area contributed by atoms with E-state index >= 15 is 0 Å². The van der Waals surface area contributed by atoms with Crippen molar-refractivity contribution in [3.8, 4) is 5.75 Å². The van der Waals surface area contributed by atoms with Gasteiger partial charge in [0.05, 0.1) is 0 Å². The Morgan fingerprint density at radius 2 is 1.83 bits per heavy atom. The molecule has 0 N–H and O–H groups in total. The van der Waals surface area contributed by atoms with Crippen molar-refractivity contribution in [1.29, 1.82) is 0 Å². The fourth-order valence-electron chi connectivity index (χ4n) is 3.47. The maximum Gasteiger partial charge on any atom is 0.260 e. The molecule has 4 rings (SSSR count). The minimum atomic E-state index is 0.0167. The van der Waals surface area contributed by atoms with Crippen molar-refractivity contribution in [2.45, 2.75) is 19.4 Å². The van der Waals surface area contributed by atoms with Crippen molar-refractivity contribution in [3.05, 3.63) is 72.1 Å². The molecule has 0 saturated carbocycles. The summed E-state index contributed by atoms with van der Waals surface area (Å²) in [4.78, 5) is 21.4. The summed E-state index contributed by atoms with van der Waals surface area (Å²) in [5.74, 6) is 1.58. The zero-order chi connectivity index (χ0) is 20.1. The molecule has 6 nitrogen and oxygen atoms in total. The van der Waals surface area contributed by atoms with Gasteiger partial charge in [0.15, 0.2) is 6.61 Å². The maximum atomic E-state index is 12.6. The molecular formula is C22H24N4O2S. The predicted molar refractivity (Wildman–Crippen MR) is 114 cm³/mol. The third-order valence-electron chi connectivity index (χ3n) is 4.99. The molecule has 1 fully saturated rings. The zero-order valence-corrected chi connectivity index (χ0v) is 17.2. The van der Waals surface area contributed by atoms with Gasteiger partial charge in [-0.25, -0.2) is 4.98 Å². The summed E-state index contributed by atoms with van der Waals surface area (Å²) in [6.45, 7) is 4.29. The summed E-state index contributed by atoms with van der Waals surface area (Å²) >= 11 is 1.43. The van der Waals surface area contributed by atoms with Crippen LogP contribution in [-0.2, 0) is 11.2 Å². The van der Waals surface area contributed by atoms with E-state index in [9.17, 15) is 4.79 Å². The predicted octanol–water partition coefficient (Wildman–Crippen LogP) is 3.25. The summed E-state index contributed by atoms with van der Waals surface area (Å²) in [5, 5.41) is 0.926. The number of aromatic nitrogens is 2.